The Balaban J connectivity index is 2.87. The lowest BCUT2D eigenvalue weighted by Crippen LogP contribution is -2.25. The van der Waals surface area contributed by atoms with Gasteiger partial charge < -0.3 is 15.4 Å². The van der Waals surface area contributed by atoms with Gasteiger partial charge in [0.1, 0.15) is 5.69 Å². The van der Waals surface area contributed by atoms with Crippen LogP contribution in [0.3, 0.4) is 0 Å². The smallest absolute Gasteiger partial charge is 0.325 e. The van der Waals surface area contributed by atoms with E-state index in [1.165, 1.54) is 6.20 Å². The minimum Gasteiger partial charge on any atom is -0.395 e. The molecule has 0 amide bonds. The molecule has 0 saturated heterocycles. The van der Waals surface area contributed by atoms with Gasteiger partial charge in [0.05, 0.1) is 6.61 Å². The molecule has 0 spiro atoms. The van der Waals surface area contributed by atoms with E-state index >= 15 is 0 Å². The minimum atomic E-state index is -0.547. The Morgan fingerprint density at radius 1 is 1.50 bits per heavy atom. The van der Waals surface area contributed by atoms with Crippen molar-refractivity contribution < 1.29 is 5.11 Å². The zero-order valence-corrected chi connectivity index (χ0v) is 6.26. The number of hydrogen-bond donors (Lipinski definition) is 4. The molecule has 12 heavy (non-hydrogen) atoms. The van der Waals surface area contributed by atoms with Crippen molar-refractivity contribution in [3.63, 3.8) is 0 Å². The van der Waals surface area contributed by atoms with E-state index in [0.717, 1.165) is 0 Å². The lowest BCUT2D eigenvalue weighted by molar-refractivity contribution is 0.311. The third-order valence-corrected chi connectivity index (χ3v) is 1.25. The molecule has 6 heteroatoms. The molecule has 0 aromatic carbocycles. The SMILES string of the molecule is O=c1[nH]cc(NCCO)c(=O)[nH]1. The first-order valence-corrected chi connectivity index (χ1v) is 3.41. The van der Waals surface area contributed by atoms with Crippen LogP contribution in [0.2, 0.25) is 0 Å². The second-order valence-electron chi connectivity index (χ2n) is 2.14. The van der Waals surface area contributed by atoms with Gasteiger partial charge in [-0.15, -0.1) is 0 Å². The maximum atomic E-state index is 10.9. The molecule has 1 heterocycles. The molecular formula is C6H9N3O3. The van der Waals surface area contributed by atoms with E-state index < -0.39 is 11.2 Å². The topological polar surface area (TPSA) is 98.0 Å². The largest absolute Gasteiger partial charge is 0.395 e. The highest BCUT2D eigenvalue weighted by molar-refractivity contribution is 5.36. The van der Waals surface area contributed by atoms with Gasteiger partial charge in [-0.2, -0.15) is 0 Å². The summed E-state index contributed by atoms with van der Waals surface area (Å²) >= 11 is 0. The second-order valence-corrected chi connectivity index (χ2v) is 2.14. The van der Waals surface area contributed by atoms with E-state index in [2.05, 4.69) is 10.3 Å². The molecule has 1 rings (SSSR count). The lowest BCUT2D eigenvalue weighted by atomic mass is 10.5. The third-order valence-electron chi connectivity index (χ3n) is 1.25. The zero-order chi connectivity index (χ0) is 8.97. The van der Waals surface area contributed by atoms with E-state index in [9.17, 15) is 9.59 Å². The average Bonchev–Trinajstić information content (AvgIpc) is 2.03. The van der Waals surface area contributed by atoms with Crippen LogP contribution in [0.15, 0.2) is 15.8 Å². The highest BCUT2D eigenvalue weighted by Crippen LogP contribution is 1.89. The molecular weight excluding hydrogens is 162 g/mol. The second kappa shape index (κ2) is 3.72. The number of rotatable bonds is 3. The molecule has 0 unspecified atom stereocenters. The molecule has 6 nitrogen and oxygen atoms in total. The fourth-order valence-corrected chi connectivity index (χ4v) is 0.732. The normalized spacial score (nSPS) is 9.75. The van der Waals surface area contributed by atoms with Crippen molar-refractivity contribution in [1.82, 2.24) is 9.97 Å². The summed E-state index contributed by atoms with van der Waals surface area (Å²) < 4.78 is 0. The van der Waals surface area contributed by atoms with Gasteiger partial charge in [0.25, 0.3) is 5.56 Å². The summed E-state index contributed by atoms with van der Waals surface area (Å²) in [6, 6.07) is 0. The summed E-state index contributed by atoms with van der Waals surface area (Å²) in [5.74, 6) is 0. The highest BCUT2D eigenvalue weighted by Gasteiger charge is 1.96. The van der Waals surface area contributed by atoms with Crippen molar-refractivity contribution >= 4 is 5.69 Å². The van der Waals surface area contributed by atoms with Crippen molar-refractivity contribution in [2.45, 2.75) is 0 Å². The quantitative estimate of drug-likeness (QED) is 0.443. The van der Waals surface area contributed by atoms with Gasteiger partial charge in [-0.05, 0) is 0 Å². The Hall–Kier alpha value is -1.56. The van der Waals surface area contributed by atoms with Crippen LogP contribution in [-0.2, 0) is 0 Å². The molecule has 0 aliphatic rings. The fourth-order valence-electron chi connectivity index (χ4n) is 0.732. The van der Waals surface area contributed by atoms with Crippen LogP contribution in [0, 0.1) is 0 Å². The van der Waals surface area contributed by atoms with Gasteiger partial charge in [-0.3, -0.25) is 9.78 Å². The monoisotopic (exact) mass is 171 g/mol. The average molecular weight is 171 g/mol. The predicted molar refractivity (Wildman–Crippen MR) is 43.3 cm³/mol. The van der Waals surface area contributed by atoms with Gasteiger partial charge >= 0.3 is 5.69 Å². The van der Waals surface area contributed by atoms with E-state index in [1.54, 1.807) is 0 Å². The Morgan fingerprint density at radius 2 is 2.25 bits per heavy atom. The minimum absolute atomic E-state index is 0.0709. The molecule has 0 aliphatic carbocycles. The number of anilines is 1. The van der Waals surface area contributed by atoms with Crippen LogP contribution in [0.25, 0.3) is 0 Å². The number of aromatic amines is 2. The Kier molecular flexibility index (Phi) is 2.65. The summed E-state index contributed by atoms with van der Waals surface area (Å²) in [6.45, 7) is 0.202. The molecule has 0 bridgehead atoms. The molecule has 66 valence electrons. The van der Waals surface area contributed by atoms with Crippen LogP contribution in [0.1, 0.15) is 0 Å². The van der Waals surface area contributed by atoms with Crippen molar-refractivity contribution in [3.05, 3.63) is 27.0 Å². The van der Waals surface area contributed by atoms with E-state index in [4.69, 9.17) is 5.11 Å². The Morgan fingerprint density at radius 3 is 2.83 bits per heavy atom. The lowest BCUT2D eigenvalue weighted by Gasteiger charge is -2.00. The van der Waals surface area contributed by atoms with E-state index in [1.807, 2.05) is 4.98 Å². The van der Waals surface area contributed by atoms with Crippen molar-refractivity contribution in [2.24, 2.45) is 0 Å². The van der Waals surface area contributed by atoms with Gasteiger partial charge in [0.2, 0.25) is 0 Å². The summed E-state index contributed by atoms with van der Waals surface area (Å²) in [4.78, 5) is 25.8. The number of hydrogen-bond acceptors (Lipinski definition) is 4. The molecule has 0 saturated carbocycles. The molecule has 0 fully saturated rings. The standard InChI is InChI=1S/C6H9N3O3/c10-2-1-7-4-3-8-6(12)9-5(4)11/h3,7,10H,1-2H2,(H2,8,9,11,12). The fraction of sp³-hybridized carbons (Fsp3) is 0.333. The van der Waals surface area contributed by atoms with Crippen LogP contribution < -0.4 is 16.6 Å². The van der Waals surface area contributed by atoms with Crippen LogP contribution in [0.5, 0.6) is 0 Å². The maximum absolute atomic E-state index is 10.9. The molecule has 0 atom stereocenters. The number of aliphatic hydroxyl groups excluding tert-OH is 1. The zero-order valence-electron chi connectivity index (χ0n) is 6.26. The summed E-state index contributed by atoms with van der Waals surface area (Å²) in [5.41, 5.74) is -0.801. The number of aliphatic hydroxyl groups is 1. The van der Waals surface area contributed by atoms with Crippen LogP contribution in [-0.4, -0.2) is 28.2 Å². The molecule has 1 aromatic rings. The van der Waals surface area contributed by atoms with Crippen molar-refractivity contribution in [2.75, 3.05) is 18.5 Å². The summed E-state index contributed by atoms with van der Waals surface area (Å²) in [7, 11) is 0. The van der Waals surface area contributed by atoms with Crippen molar-refractivity contribution in [3.8, 4) is 0 Å². The number of aromatic nitrogens is 2. The van der Waals surface area contributed by atoms with Crippen LogP contribution >= 0.6 is 0 Å². The van der Waals surface area contributed by atoms with Gasteiger partial charge in [0, 0.05) is 12.7 Å². The van der Waals surface area contributed by atoms with Crippen molar-refractivity contribution in [1.29, 1.82) is 0 Å². The number of nitrogens with one attached hydrogen (secondary N) is 3. The van der Waals surface area contributed by atoms with Gasteiger partial charge in [-0.1, -0.05) is 0 Å². The Labute approximate surface area is 67.3 Å². The Bertz CT molecular complexity index is 354. The first-order chi connectivity index (χ1) is 5.74. The number of H-pyrrole nitrogens is 2. The molecule has 4 N–H and O–H groups in total. The van der Waals surface area contributed by atoms with E-state index in [0.29, 0.717) is 0 Å². The molecule has 0 radical (unpaired) electrons. The highest BCUT2D eigenvalue weighted by atomic mass is 16.3. The van der Waals surface area contributed by atoms with Gasteiger partial charge in [-0.25, -0.2) is 4.79 Å². The van der Waals surface area contributed by atoms with E-state index in [-0.39, 0.29) is 18.8 Å². The molecule has 1 aromatic heterocycles. The maximum Gasteiger partial charge on any atom is 0.325 e. The van der Waals surface area contributed by atoms with Crippen LogP contribution in [0.4, 0.5) is 5.69 Å². The molecule has 0 aliphatic heterocycles. The first kappa shape index (κ1) is 8.54. The predicted octanol–water partition coefficient (Wildman–Crippen LogP) is -1.53. The first-order valence-electron chi connectivity index (χ1n) is 3.41. The summed E-state index contributed by atoms with van der Waals surface area (Å²) in [5, 5.41) is 11.1. The van der Waals surface area contributed by atoms with Gasteiger partial charge in [0.15, 0.2) is 0 Å². The third kappa shape index (κ3) is 1.96. The summed E-state index contributed by atoms with van der Waals surface area (Å²) in [6.07, 6.45) is 1.26.